The zero-order valence-electron chi connectivity index (χ0n) is 8.01. The number of hydrogen-bond donors (Lipinski definition) is 2. The lowest BCUT2D eigenvalue weighted by Crippen LogP contribution is -2.33. The first kappa shape index (κ1) is 10.9. The van der Waals surface area contributed by atoms with Gasteiger partial charge in [0.2, 0.25) is 0 Å². The number of hydrazine groups is 1. The zero-order valence-corrected chi connectivity index (χ0v) is 8.01. The van der Waals surface area contributed by atoms with Crippen LogP contribution in [0.2, 0.25) is 0 Å². The molecule has 0 radical (unpaired) electrons. The monoisotopic (exact) mass is 210 g/mol. The molecule has 0 heterocycles. The van der Waals surface area contributed by atoms with Crippen LogP contribution >= 0.6 is 0 Å². The van der Waals surface area contributed by atoms with E-state index in [4.69, 9.17) is 11.6 Å². The zero-order chi connectivity index (χ0) is 11.6. The number of benzene rings is 1. The molecule has 0 aromatic heterocycles. The second-order valence-corrected chi connectivity index (χ2v) is 2.94. The Labute approximate surface area is 85.4 Å². The number of nitro groups is 1. The minimum absolute atomic E-state index is 0.0338. The number of hydrogen-bond acceptors (Lipinski definition) is 5. The van der Waals surface area contributed by atoms with E-state index in [-0.39, 0.29) is 16.9 Å². The molecule has 0 atom stereocenters. The molecule has 0 fully saturated rings. The molecule has 0 aliphatic heterocycles. The number of rotatable bonds is 2. The van der Waals surface area contributed by atoms with Crippen LogP contribution in [0.3, 0.4) is 0 Å². The molecule has 0 saturated carbocycles. The number of carbonyl (C=O) groups is 1. The standard InChI is InChI=1S/C8H10N4O3/c1-11(10)8(13)6-3-2-5(12(14)15)4-7(6)9/h2-4H,9-10H2,1H3. The molecule has 80 valence electrons. The smallest absolute Gasteiger partial charge is 0.271 e. The van der Waals surface area contributed by atoms with Crippen LogP contribution < -0.4 is 11.6 Å². The second-order valence-electron chi connectivity index (χ2n) is 2.94. The van der Waals surface area contributed by atoms with Crippen LogP contribution in [0.5, 0.6) is 0 Å². The third-order valence-corrected chi connectivity index (χ3v) is 1.80. The van der Waals surface area contributed by atoms with Gasteiger partial charge in [0.15, 0.2) is 0 Å². The number of anilines is 1. The van der Waals surface area contributed by atoms with Crippen molar-refractivity contribution < 1.29 is 9.72 Å². The molecule has 15 heavy (non-hydrogen) atoms. The van der Waals surface area contributed by atoms with Crippen molar-refractivity contribution >= 4 is 17.3 Å². The van der Waals surface area contributed by atoms with Crippen molar-refractivity contribution in [1.29, 1.82) is 0 Å². The highest BCUT2D eigenvalue weighted by Gasteiger charge is 2.15. The first-order chi connectivity index (χ1) is 6.93. The van der Waals surface area contributed by atoms with Gasteiger partial charge in [-0.15, -0.1) is 0 Å². The van der Waals surface area contributed by atoms with Gasteiger partial charge in [0, 0.05) is 19.2 Å². The minimum atomic E-state index is -0.587. The largest absolute Gasteiger partial charge is 0.398 e. The van der Waals surface area contributed by atoms with Crippen LogP contribution in [-0.4, -0.2) is 22.9 Å². The van der Waals surface area contributed by atoms with E-state index in [2.05, 4.69) is 0 Å². The summed E-state index contributed by atoms with van der Waals surface area (Å²) >= 11 is 0. The van der Waals surface area contributed by atoms with Gasteiger partial charge in [-0.05, 0) is 6.07 Å². The average Bonchev–Trinajstić information content (AvgIpc) is 2.16. The van der Waals surface area contributed by atoms with Crippen LogP contribution in [0.25, 0.3) is 0 Å². The molecule has 1 aromatic carbocycles. The molecule has 0 aliphatic rings. The van der Waals surface area contributed by atoms with Crippen LogP contribution in [0, 0.1) is 10.1 Å². The van der Waals surface area contributed by atoms with Crippen molar-refractivity contribution in [3.05, 3.63) is 33.9 Å². The lowest BCUT2D eigenvalue weighted by Gasteiger charge is -2.11. The van der Waals surface area contributed by atoms with Gasteiger partial charge in [-0.25, -0.2) is 5.84 Å². The van der Waals surface area contributed by atoms with Gasteiger partial charge in [-0.3, -0.25) is 19.9 Å². The SMILES string of the molecule is CN(N)C(=O)c1ccc([N+](=O)[O-])cc1N. The van der Waals surface area contributed by atoms with Crippen molar-refractivity contribution in [3.8, 4) is 0 Å². The summed E-state index contributed by atoms with van der Waals surface area (Å²) in [5.41, 5.74) is 5.51. The van der Waals surface area contributed by atoms with Gasteiger partial charge in [-0.2, -0.15) is 0 Å². The maximum Gasteiger partial charge on any atom is 0.271 e. The molecule has 4 N–H and O–H groups in total. The fraction of sp³-hybridized carbons (Fsp3) is 0.125. The van der Waals surface area contributed by atoms with Gasteiger partial charge in [0.05, 0.1) is 16.2 Å². The molecule has 7 nitrogen and oxygen atoms in total. The van der Waals surface area contributed by atoms with Crippen LogP contribution in [0.15, 0.2) is 18.2 Å². The summed E-state index contributed by atoms with van der Waals surface area (Å²) in [6.45, 7) is 0. The van der Waals surface area contributed by atoms with E-state index in [1.807, 2.05) is 0 Å². The average molecular weight is 210 g/mol. The fourth-order valence-electron chi connectivity index (χ4n) is 1.05. The van der Waals surface area contributed by atoms with E-state index in [9.17, 15) is 14.9 Å². The number of amides is 1. The predicted octanol–water partition coefficient (Wildman–Crippen LogP) is 0.123. The highest BCUT2D eigenvalue weighted by atomic mass is 16.6. The number of nitro benzene ring substituents is 1. The molecular formula is C8H10N4O3. The Bertz CT molecular complexity index is 416. The normalized spacial score (nSPS) is 9.73. The highest BCUT2D eigenvalue weighted by Crippen LogP contribution is 2.20. The van der Waals surface area contributed by atoms with Gasteiger partial charge < -0.3 is 5.73 Å². The molecule has 1 rings (SSSR count). The molecule has 0 bridgehead atoms. The van der Waals surface area contributed by atoms with Crippen LogP contribution in [-0.2, 0) is 0 Å². The summed E-state index contributed by atoms with van der Waals surface area (Å²) in [5, 5.41) is 11.3. The molecule has 7 heteroatoms. The molecular weight excluding hydrogens is 200 g/mol. The van der Waals surface area contributed by atoms with Crippen molar-refractivity contribution in [2.24, 2.45) is 5.84 Å². The Kier molecular flexibility index (Phi) is 2.86. The predicted molar refractivity (Wildman–Crippen MR) is 53.8 cm³/mol. The maximum absolute atomic E-state index is 11.4. The lowest BCUT2D eigenvalue weighted by atomic mass is 10.1. The molecule has 1 aromatic rings. The van der Waals surface area contributed by atoms with E-state index >= 15 is 0 Å². The van der Waals surface area contributed by atoms with Gasteiger partial charge in [-0.1, -0.05) is 0 Å². The number of nitrogens with zero attached hydrogens (tertiary/aromatic N) is 2. The highest BCUT2D eigenvalue weighted by molar-refractivity contribution is 5.99. The third-order valence-electron chi connectivity index (χ3n) is 1.80. The summed E-state index contributed by atoms with van der Waals surface area (Å²) in [6.07, 6.45) is 0. The molecule has 0 unspecified atom stereocenters. The van der Waals surface area contributed by atoms with E-state index in [1.54, 1.807) is 0 Å². The summed E-state index contributed by atoms with van der Waals surface area (Å²) in [7, 11) is 1.36. The molecule has 0 spiro atoms. The molecule has 1 amide bonds. The van der Waals surface area contributed by atoms with E-state index in [0.29, 0.717) is 0 Å². The lowest BCUT2D eigenvalue weighted by molar-refractivity contribution is -0.384. The number of non-ortho nitro benzene ring substituents is 1. The Morgan fingerprint density at radius 1 is 1.53 bits per heavy atom. The number of nitrogens with two attached hydrogens (primary N) is 2. The topological polar surface area (TPSA) is 115 Å². The number of nitrogen functional groups attached to an aromatic ring is 1. The van der Waals surface area contributed by atoms with Crippen molar-refractivity contribution in [3.63, 3.8) is 0 Å². The quantitative estimate of drug-likeness (QED) is 0.236. The van der Waals surface area contributed by atoms with E-state index in [0.717, 1.165) is 11.1 Å². The first-order valence-corrected chi connectivity index (χ1v) is 4.00. The van der Waals surface area contributed by atoms with Crippen molar-refractivity contribution in [2.75, 3.05) is 12.8 Å². The minimum Gasteiger partial charge on any atom is -0.398 e. The van der Waals surface area contributed by atoms with Crippen molar-refractivity contribution in [2.45, 2.75) is 0 Å². The van der Waals surface area contributed by atoms with Gasteiger partial charge >= 0.3 is 0 Å². The second kappa shape index (κ2) is 3.93. The number of carbonyl (C=O) groups excluding carboxylic acids is 1. The summed E-state index contributed by atoms with van der Waals surface area (Å²) in [5.74, 6) is 4.73. The Morgan fingerprint density at radius 2 is 2.13 bits per heavy atom. The van der Waals surface area contributed by atoms with Gasteiger partial charge in [0.25, 0.3) is 11.6 Å². The first-order valence-electron chi connectivity index (χ1n) is 4.00. The van der Waals surface area contributed by atoms with Crippen LogP contribution in [0.1, 0.15) is 10.4 Å². The molecule has 0 saturated heterocycles. The van der Waals surface area contributed by atoms with E-state index in [1.165, 1.54) is 19.2 Å². The Balaban J connectivity index is 3.14. The van der Waals surface area contributed by atoms with Crippen molar-refractivity contribution in [1.82, 2.24) is 5.01 Å². The Morgan fingerprint density at radius 3 is 2.53 bits per heavy atom. The van der Waals surface area contributed by atoms with Crippen LogP contribution in [0.4, 0.5) is 11.4 Å². The summed E-state index contributed by atoms with van der Waals surface area (Å²) in [4.78, 5) is 21.2. The van der Waals surface area contributed by atoms with Gasteiger partial charge in [0.1, 0.15) is 0 Å². The van der Waals surface area contributed by atoms with E-state index < -0.39 is 10.8 Å². The third kappa shape index (κ3) is 2.20. The fourth-order valence-corrected chi connectivity index (χ4v) is 1.05. The maximum atomic E-state index is 11.4. The summed E-state index contributed by atoms with van der Waals surface area (Å²) in [6, 6.07) is 3.60. The summed E-state index contributed by atoms with van der Waals surface area (Å²) < 4.78 is 0. The Hall–Kier alpha value is -2.15. The molecule has 0 aliphatic carbocycles.